The normalized spacial score (nSPS) is 15.2. The third-order valence-corrected chi connectivity index (χ3v) is 5.56. The zero-order valence-electron chi connectivity index (χ0n) is 15.2. The number of nitrogens with one attached hydrogen (secondary N) is 2. The van der Waals surface area contributed by atoms with Gasteiger partial charge in [0.2, 0.25) is 0 Å². The van der Waals surface area contributed by atoms with Gasteiger partial charge in [-0.05, 0) is 78.9 Å². The van der Waals surface area contributed by atoms with Gasteiger partial charge in [0.1, 0.15) is 0 Å². The zero-order valence-corrected chi connectivity index (χ0v) is 16.0. The topological polar surface area (TPSA) is 44.4 Å². The largest absolute Gasteiger partial charge is 0.336 e. The molecule has 0 saturated heterocycles. The number of hydrogen-bond acceptors (Lipinski definition) is 3. The molecule has 1 aliphatic carbocycles. The van der Waals surface area contributed by atoms with Crippen molar-refractivity contribution in [3.63, 3.8) is 0 Å². The summed E-state index contributed by atoms with van der Waals surface area (Å²) < 4.78 is 0. The maximum absolute atomic E-state index is 12.2. The first-order valence-corrected chi connectivity index (χ1v) is 9.78. The molecule has 25 heavy (non-hydrogen) atoms. The fraction of sp³-hybridized carbons (Fsp3) is 0.450. The van der Waals surface area contributed by atoms with Crippen molar-refractivity contribution in [1.82, 2.24) is 15.5 Å². The lowest BCUT2D eigenvalue weighted by molar-refractivity contribution is 0.232. The molecule has 1 aromatic heterocycles. The molecule has 1 atom stereocenters. The second-order valence-electron chi connectivity index (χ2n) is 7.06. The molecule has 1 unspecified atom stereocenters. The predicted octanol–water partition coefficient (Wildman–Crippen LogP) is 4.04. The molecule has 1 saturated carbocycles. The van der Waals surface area contributed by atoms with Crippen LogP contribution in [0.2, 0.25) is 0 Å². The molecule has 1 fully saturated rings. The number of thiophene rings is 1. The predicted molar refractivity (Wildman–Crippen MR) is 104 cm³/mol. The molecule has 2 amide bonds. The van der Waals surface area contributed by atoms with Crippen molar-refractivity contribution in [2.45, 2.75) is 38.3 Å². The number of likely N-dealkylation sites (N-methyl/N-ethyl adjacent to an activating group) is 1. The van der Waals surface area contributed by atoms with Crippen molar-refractivity contribution < 1.29 is 4.79 Å². The number of carbonyl (C=O) groups excluding carboxylic acids is 1. The zero-order chi connectivity index (χ0) is 17.8. The Morgan fingerprint density at radius 2 is 2.08 bits per heavy atom. The van der Waals surface area contributed by atoms with Crippen LogP contribution < -0.4 is 10.6 Å². The molecular formula is C20H27N3OS. The maximum atomic E-state index is 12.2. The van der Waals surface area contributed by atoms with Crippen molar-refractivity contribution in [2.75, 3.05) is 20.6 Å². The summed E-state index contributed by atoms with van der Waals surface area (Å²) in [7, 11) is 4.07. The van der Waals surface area contributed by atoms with Crippen LogP contribution >= 0.6 is 11.3 Å². The Kier molecular flexibility index (Phi) is 5.76. The van der Waals surface area contributed by atoms with Gasteiger partial charge >= 0.3 is 6.03 Å². The van der Waals surface area contributed by atoms with Crippen LogP contribution in [0.25, 0.3) is 0 Å². The van der Waals surface area contributed by atoms with Crippen molar-refractivity contribution in [3.8, 4) is 0 Å². The van der Waals surface area contributed by atoms with E-state index in [1.807, 2.05) is 14.1 Å². The number of rotatable bonds is 7. The van der Waals surface area contributed by atoms with Gasteiger partial charge in [-0.3, -0.25) is 0 Å². The Morgan fingerprint density at radius 1 is 1.28 bits per heavy atom. The second kappa shape index (κ2) is 8.02. The van der Waals surface area contributed by atoms with Crippen LogP contribution in [-0.4, -0.2) is 31.6 Å². The number of urea groups is 1. The number of benzene rings is 1. The Hall–Kier alpha value is -1.85. The van der Waals surface area contributed by atoms with Gasteiger partial charge in [0.05, 0.1) is 6.04 Å². The molecule has 0 aliphatic heterocycles. The minimum Gasteiger partial charge on any atom is -0.336 e. The third kappa shape index (κ3) is 4.83. The van der Waals surface area contributed by atoms with Crippen LogP contribution in [0.15, 0.2) is 35.0 Å². The Labute approximate surface area is 154 Å². The lowest BCUT2D eigenvalue weighted by atomic mass is 10.0. The van der Waals surface area contributed by atoms with Crippen LogP contribution in [0.4, 0.5) is 4.79 Å². The van der Waals surface area contributed by atoms with E-state index in [9.17, 15) is 4.79 Å². The number of hydrogen-bond donors (Lipinski definition) is 2. The molecule has 2 aromatic rings. The van der Waals surface area contributed by atoms with Gasteiger partial charge < -0.3 is 15.5 Å². The molecule has 134 valence electrons. The Bertz CT molecular complexity index is 708. The van der Waals surface area contributed by atoms with E-state index in [0.717, 1.165) is 5.92 Å². The number of carbonyl (C=O) groups is 1. The van der Waals surface area contributed by atoms with Gasteiger partial charge in [-0.15, -0.1) is 0 Å². The quantitative estimate of drug-likeness (QED) is 0.785. The summed E-state index contributed by atoms with van der Waals surface area (Å²) >= 11 is 1.68. The molecule has 0 radical (unpaired) electrons. The third-order valence-electron chi connectivity index (χ3n) is 4.86. The fourth-order valence-electron chi connectivity index (χ4n) is 3.08. The van der Waals surface area contributed by atoms with E-state index < -0.39 is 0 Å². The lowest BCUT2D eigenvalue weighted by Crippen LogP contribution is -2.40. The molecule has 1 heterocycles. The average Bonchev–Trinajstić information content (AvgIpc) is 3.30. The minimum atomic E-state index is -0.118. The molecular weight excluding hydrogens is 330 g/mol. The average molecular weight is 358 g/mol. The lowest BCUT2D eigenvalue weighted by Gasteiger charge is -2.24. The van der Waals surface area contributed by atoms with E-state index in [0.29, 0.717) is 13.1 Å². The standard InChI is InChI=1S/C20H27N3OS/c1-14-10-16(15-4-5-15)6-7-17(14)11-21-20(24)22-12-19(23(2)3)18-8-9-25-13-18/h6-10,13,15,19H,4-5,11-12H2,1-3H3,(H2,21,22,24). The maximum Gasteiger partial charge on any atom is 0.315 e. The molecule has 0 spiro atoms. The van der Waals surface area contributed by atoms with Crippen molar-refractivity contribution in [3.05, 3.63) is 57.3 Å². The van der Waals surface area contributed by atoms with Crippen molar-refractivity contribution >= 4 is 17.4 Å². The van der Waals surface area contributed by atoms with Crippen LogP contribution in [0.5, 0.6) is 0 Å². The van der Waals surface area contributed by atoms with Gasteiger partial charge in [-0.1, -0.05) is 18.2 Å². The number of aryl methyl sites for hydroxylation is 1. The minimum absolute atomic E-state index is 0.118. The van der Waals surface area contributed by atoms with Crippen LogP contribution in [0, 0.1) is 6.92 Å². The summed E-state index contributed by atoms with van der Waals surface area (Å²) in [6.45, 7) is 3.28. The van der Waals surface area contributed by atoms with E-state index in [1.54, 1.807) is 11.3 Å². The van der Waals surface area contributed by atoms with Gasteiger partial charge in [-0.25, -0.2) is 4.79 Å². The first-order chi connectivity index (χ1) is 12.0. The highest BCUT2D eigenvalue weighted by Gasteiger charge is 2.23. The van der Waals surface area contributed by atoms with Crippen molar-refractivity contribution in [1.29, 1.82) is 0 Å². The van der Waals surface area contributed by atoms with Gasteiger partial charge in [0, 0.05) is 13.1 Å². The molecule has 3 rings (SSSR count). The van der Waals surface area contributed by atoms with Gasteiger partial charge in [-0.2, -0.15) is 11.3 Å². The molecule has 1 aliphatic rings. The van der Waals surface area contributed by atoms with Crippen molar-refractivity contribution in [2.24, 2.45) is 0 Å². The van der Waals surface area contributed by atoms with E-state index in [-0.39, 0.29) is 12.1 Å². The monoisotopic (exact) mass is 357 g/mol. The van der Waals surface area contributed by atoms with E-state index >= 15 is 0 Å². The van der Waals surface area contributed by atoms with E-state index in [4.69, 9.17) is 0 Å². The van der Waals surface area contributed by atoms with Crippen LogP contribution in [0.1, 0.15) is 47.1 Å². The first kappa shape index (κ1) is 18.0. The summed E-state index contributed by atoms with van der Waals surface area (Å²) in [6.07, 6.45) is 2.63. The molecule has 5 heteroatoms. The van der Waals surface area contributed by atoms with Crippen LogP contribution in [-0.2, 0) is 6.54 Å². The molecule has 4 nitrogen and oxygen atoms in total. The Balaban J connectivity index is 1.49. The van der Waals surface area contributed by atoms with Gasteiger partial charge in [0.25, 0.3) is 0 Å². The Morgan fingerprint density at radius 3 is 2.68 bits per heavy atom. The molecule has 0 bridgehead atoms. The highest BCUT2D eigenvalue weighted by molar-refractivity contribution is 7.07. The fourth-order valence-corrected chi connectivity index (χ4v) is 3.79. The summed E-state index contributed by atoms with van der Waals surface area (Å²) in [5, 5.41) is 10.2. The summed E-state index contributed by atoms with van der Waals surface area (Å²) in [4.78, 5) is 14.3. The molecule has 2 N–H and O–H groups in total. The summed E-state index contributed by atoms with van der Waals surface area (Å²) in [5.74, 6) is 0.768. The summed E-state index contributed by atoms with van der Waals surface area (Å²) in [5.41, 5.74) is 5.12. The highest BCUT2D eigenvalue weighted by atomic mass is 32.1. The smallest absolute Gasteiger partial charge is 0.315 e. The van der Waals surface area contributed by atoms with Crippen LogP contribution in [0.3, 0.4) is 0 Å². The SMILES string of the molecule is Cc1cc(C2CC2)ccc1CNC(=O)NCC(c1ccsc1)N(C)C. The molecule has 1 aromatic carbocycles. The number of nitrogens with zero attached hydrogens (tertiary/aromatic N) is 1. The second-order valence-corrected chi connectivity index (χ2v) is 7.84. The van der Waals surface area contributed by atoms with Gasteiger partial charge in [0.15, 0.2) is 0 Å². The van der Waals surface area contributed by atoms with E-state index in [1.165, 1.54) is 35.1 Å². The first-order valence-electron chi connectivity index (χ1n) is 8.84. The number of amides is 2. The summed E-state index contributed by atoms with van der Waals surface area (Å²) in [6, 6.07) is 8.81. The highest BCUT2D eigenvalue weighted by Crippen LogP contribution is 2.40. The van der Waals surface area contributed by atoms with E-state index in [2.05, 4.69) is 57.5 Å².